The Morgan fingerprint density at radius 3 is 2.57 bits per heavy atom. The minimum absolute atomic E-state index is 0.0256. The zero-order valence-electron chi connectivity index (χ0n) is 25.3. The van der Waals surface area contributed by atoms with E-state index in [0.717, 1.165) is 47.7 Å². The van der Waals surface area contributed by atoms with E-state index in [0.29, 0.717) is 17.5 Å². The van der Waals surface area contributed by atoms with E-state index in [1.807, 2.05) is 65.1 Å². The second-order valence-corrected chi connectivity index (χ2v) is 12.4. The zero-order chi connectivity index (χ0) is 30.1. The summed E-state index contributed by atoms with van der Waals surface area (Å²) in [5.74, 6) is 1.41. The molecule has 1 aromatic carbocycles. The molecule has 0 spiro atoms. The smallest absolute Gasteiger partial charge is 0.315 e. The highest BCUT2D eigenvalue weighted by atomic mass is 16.5. The van der Waals surface area contributed by atoms with Crippen molar-refractivity contribution in [2.24, 2.45) is 0 Å². The summed E-state index contributed by atoms with van der Waals surface area (Å²) in [6.07, 6.45) is 3.44. The Bertz CT molecular complexity index is 1560. The molecule has 1 aliphatic rings. The lowest BCUT2D eigenvalue weighted by molar-refractivity contribution is 0.0895. The van der Waals surface area contributed by atoms with Crippen LogP contribution in [0.5, 0.6) is 0 Å². The van der Waals surface area contributed by atoms with Crippen LogP contribution in [0, 0.1) is 6.92 Å². The van der Waals surface area contributed by atoms with Gasteiger partial charge in [-0.1, -0.05) is 38.1 Å². The summed E-state index contributed by atoms with van der Waals surface area (Å²) in [5, 5.41) is 13.7. The summed E-state index contributed by atoms with van der Waals surface area (Å²) in [6.45, 7) is 17.1. The van der Waals surface area contributed by atoms with Gasteiger partial charge in [-0.3, -0.25) is 4.79 Å². The van der Waals surface area contributed by atoms with E-state index in [2.05, 4.69) is 71.9 Å². The van der Waals surface area contributed by atoms with Gasteiger partial charge >= 0.3 is 11.8 Å². The van der Waals surface area contributed by atoms with Gasteiger partial charge in [0, 0.05) is 42.2 Å². The first-order chi connectivity index (χ1) is 19.9. The highest BCUT2D eigenvalue weighted by Gasteiger charge is 2.30. The maximum Gasteiger partial charge on any atom is 0.315 e. The van der Waals surface area contributed by atoms with Crippen LogP contribution in [0.25, 0.3) is 11.3 Å². The minimum Gasteiger partial charge on any atom is -0.363 e. The van der Waals surface area contributed by atoms with Crippen LogP contribution in [0.1, 0.15) is 75.2 Å². The average Bonchev–Trinajstić information content (AvgIpc) is 3.45. The summed E-state index contributed by atoms with van der Waals surface area (Å²) in [7, 11) is 0. The molecule has 3 aromatic heterocycles. The molecule has 220 valence electrons. The summed E-state index contributed by atoms with van der Waals surface area (Å²) < 4.78 is 5.19. The van der Waals surface area contributed by atoms with E-state index in [9.17, 15) is 4.79 Å². The molecule has 0 bridgehead atoms. The summed E-state index contributed by atoms with van der Waals surface area (Å²) in [4.78, 5) is 32.9. The molecule has 1 fully saturated rings. The van der Waals surface area contributed by atoms with Crippen molar-refractivity contribution >= 4 is 23.2 Å². The van der Waals surface area contributed by atoms with Gasteiger partial charge in [0.05, 0.1) is 23.6 Å². The third-order valence-electron chi connectivity index (χ3n) is 7.45. The second-order valence-electron chi connectivity index (χ2n) is 12.4. The van der Waals surface area contributed by atoms with Crippen LogP contribution >= 0.6 is 0 Å². The van der Waals surface area contributed by atoms with Crippen LogP contribution in [0.15, 0.2) is 53.4 Å². The maximum atomic E-state index is 12.7. The van der Waals surface area contributed by atoms with Crippen LogP contribution in [0.3, 0.4) is 0 Å². The Kier molecular flexibility index (Phi) is 7.96. The fourth-order valence-corrected chi connectivity index (χ4v) is 5.07. The molecular weight excluding hydrogens is 530 g/mol. The van der Waals surface area contributed by atoms with Crippen molar-refractivity contribution in [2.75, 3.05) is 29.9 Å². The van der Waals surface area contributed by atoms with Crippen LogP contribution < -0.4 is 20.9 Å². The summed E-state index contributed by atoms with van der Waals surface area (Å²) in [5.41, 5.74) is 4.53. The molecule has 4 heterocycles. The number of hydrogen-bond donors (Lipinski definition) is 3. The number of aryl methyl sites for hydroxylation is 1. The fourth-order valence-electron chi connectivity index (χ4n) is 5.07. The standard InChI is InChI=1S/C31H39N9O2/c1-19-14-21(8-10-23(19)20(2)36-27(41)28-38-29(39-42-28)30(3,4)5)24-15-26(35-18-34-24)37-25-11-9-22(16-33-25)40-13-12-32-17-31(40,6)7/h8-11,14-16,18,20,32H,12-13,17H2,1-7H3,(H,36,41)(H,33,34,35,37)/t20-/m1/s1. The Labute approximate surface area is 246 Å². The Hall–Kier alpha value is -4.38. The number of aromatic nitrogens is 5. The molecule has 4 aromatic rings. The normalized spacial score (nSPS) is 15.7. The summed E-state index contributed by atoms with van der Waals surface area (Å²) >= 11 is 0. The second kappa shape index (κ2) is 11.5. The predicted octanol–water partition coefficient (Wildman–Crippen LogP) is 4.95. The molecule has 3 N–H and O–H groups in total. The van der Waals surface area contributed by atoms with Gasteiger partial charge in [-0.05, 0) is 57.0 Å². The number of anilines is 3. The van der Waals surface area contributed by atoms with Crippen molar-refractivity contribution in [3.63, 3.8) is 0 Å². The summed E-state index contributed by atoms with van der Waals surface area (Å²) in [6, 6.07) is 11.7. The van der Waals surface area contributed by atoms with Crippen molar-refractivity contribution in [1.29, 1.82) is 0 Å². The fraction of sp³-hybridized carbons (Fsp3) is 0.419. The van der Waals surface area contributed by atoms with E-state index in [1.165, 1.54) is 6.33 Å². The van der Waals surface area contributed by atoms with Gasteiger partial charge in [0.15, 0.2) is 5.82 Å². The predicted molar refractivity (Wildman–Crippen MR) is 163 cm³/mol. The van der Waals surface area contributed by atoms with Crippen LogP contribution in [0.4, 0.5) is 17.3 Å². The highest BCUT2D eigenvalue weighted by molar-refractivity contribution is 5.89. The van der Waals surface area contributed by atoms with E-state index in [1.54, 1.807) is 0 Å². The first kappa shape index (κ1) is 29.1. The van der Waals surface area contributed by atoms with Crippen LogP contribution in [-0.2, 0) is 5.41 Å². The van der Waals surface area contributed by atoms with Gasteiger partial charge in [-0.15, -0.1) is 0 Å². The van der Waals surface area contributed by atoms with E-state index in [4.69, 9.17) is 4.52 Å². The third kappa shape index (κ3) is 6.41. The number of nitrogens with zero attached hydrogens (tertiary/aromatic N) is 6. The molecule has 1 aliphatic heterocycles. The average molecular weight is 570 g/mol. The van der Waals surface area contributed by atoms with Crippen LogP contribution in [0.2, 0.25) is 0 Å². The van der Waals surface area contributed by atoms with Gasteiger partial charge in [0.2, 0.25) is 0 Å². The molecule has 1 saturated heterocycles. The van der Waals surface area contributed by atoms with Gasteiger partial charge < -0.3 is 25.4 Å². The lowest BCUT2D eigenvalue weighted by Crippen LogP contribution is -2.58. The number of hydrogen-bond acceptors (Lipinski definition) is 10. The van der Waals surface area contributed by atoms with E-state index >= 15 is 0 Å². The van der Waals surface area contributed by atoms with Crippen molar-refractivity contribution < 1.29 is 9.32 Å². The van der Waals surface area contributed by atoms with Gasteiger partial charge in [-0.25, -0.2) is 15.0 Å². The van der Waals surface area contributed by atoms with Crippen molar-refractivity contribution in [3.8, 4) is 11.3 Å². The number of rotatable bonds is 7. The van der Waals surface area contributed by atoms with Gasteiger partial charge in [0.25, 0.3) is 0 Å². The quantitative estimate of drug-likeness (QED) is 0.281. The lowest BCUT2D eigenvalue weighted by Gasteiger charge is -2.44. The lowest BCUT2D eigenvalue weighted by atomic mass is 9.96. The number of carbonyl (C=O) groups excluding carboxylic acids is 1. The third-order valence-corrected chi connectivity index (χ3v) is 7.45. The van der Waals surface area contributed by atoms with Crippen molar-refractivity contribution in [3.05, 3.63) is 71.8 Å². The molecule has 0 unspecified atom stereocenters. The SMILES string of the molecule is Cc1cc(-c2cc(Nc3ccc(N4CCNCC4(C)C)cn3)ncn2)ccc1[C@@H](C)NC(=O)c1nc(C(C)(C)C)no1. The molecule has 11 nitrogen and oxygen atoms in total. The van der Waals surface area contributed by atoms with Gasteiger partial charge in [-0.2, -0.15) is 4.98 Å². The molecule has 1 amide bonds. The Morgan fingerprint density at radius 1 is 1.10 bits per heavy atom. The number of carbonyl (C=O) groups is 1. The zero-order valence-corrected chi connectivity index (χ0v) is 25.3. The molecule has 11 heteroatoms. The monoisotopic (exact) mass is 569 g/mol. The molecule has 42 heavy (non-hydrogen) atoms. The number of piperazine rings is 1. The number of pyridine rings is 1. The van der Waals surface area contributed by atoms with Crippen molar-refractivity contribution in [1.82, 2.24) is 35.7 Å². The molecule has 0 saturated carbocycles. The molecule has 1 atom stereocenters. The van der Waals surface area contributed by atoms with Crippen LogP contribution in [-0.4, -0.2) is 56.2 Å². The van der Waals surface area contributed by atoms with Gasteiger partial charge in [0.1, 0.15) is 18.0 Å². The maximum absolute atomic E-state index is 12.7. The molecule has 0 aliphatic carbocycles. The first-order valence-corrected chi connectivity index (χ1v) is 14.2. The van der Waals surface area contributed by atoms with E-state index < -0.39 is 5.91 Å². The Balaban J connectivity index is 1.25. The van der Waals surface area contributed by atoms with E-state index in [-0.39, 0.29) is 22.9 Å². The topological polar surface area (TPSA) is 134 Å². The molecule has 5 rings (SSSR count). The molecule has 0 radical (unpaired) electrons. The largest absolute Gasteiger partial charge is 0.363 e. The number of amides is 1. The molecular formula is C31H39N9O2. The number of nitrogens with one attached hydrogen (secondary N) is 3. The first-order valence-electron chi connectivity index (χ1n) is 14.2. The Morgan fingerprint density at radius 2 is 1.90 bits per heavy atom. The van der Waals surface area contributed by atoms with Crippen molar-refractivity contribution in [2.45, 2.75) is 65.5 Å². The highest BCUT2D eigenvalue weighted by Crippen LogP contribution is 2.28. The number of benzene rings is 1. The minimum atomic E-state index is -0.404.